The second kappa shape index (κ2) is 4.66. The number of rotatable bonds is 3. The molecule has 0 saturated carbocycles. The summed E-state index contributed by atoms with van der Waals surface area (Å²) >= 11 is 5.74. The molecular weight excluding hydrogens is 256 g/mol. The third-order valence-electron chi connectivity index (χ3n) is 2.51. The molecule has 4 N–H and O–H groups in total. The molecule has 0 radical (unpaired) electrons. The topological polar surface area (TPSA) is 105 Å². The van der Waals surface area contributed by atoms with Crippen molar-refractivity contribution in [3.63, 3.8) is 0 Å². The number of hydrogen-bond donors (Lipinski definition) is 3. The fraction of sp³-hybridized carbons (Fsp3) is 0.182. The molecule has 2 aromatic rings. The van der Waals surface area contributed by atoms with Gasteiger partial charge in [-0.1, -0.05) is 6.07 Å². The van der Waals surface area contributed by atoms with Crippen LogP contribution in [0.3, 0.4) is 0 Å². The third kappa shape index (κ3) is 2.02. The molecule has 1 aromatic heterocycles. The number of nitrogens with zero attached hydrogens (tertiary/aromatic N) is 2. The van der Waals surface area contributed by atoms with E-state index in [2.05, 4.69) is 15.4 Å². The number of aryl methyl sites for hydroxylation is 1. The van der Waals surface area contributed by atoms with Crippen LogP contribution in [0.15, 0.2) is 12.1 Å². The molecule has 0 saturated heterocycles. The first-order valence-corrected chi connectivity index (χ1v) is 5.67. The number of primary amides is 1. The molecule has 0 spiro atoms. The number of H-pyrrole nitrogens is 1. The lowest BCUT2D eigenvalue weighted by molar-refractivity contribution is 0.0996. The minimum absolute atomic E-state index is 0.0172. The van der Waals surface area contributed by atoms with E-state index in [0.29, 0.717) is 11.1 Å². The van der Waals surface area contributed by atoms with E-state index < -0.39 is 5.91 Å². The molecule has 1 heterocycles. The molecule has 0 aliphatic rings. The Kier molecular flexibility index (Phi) is 3.20. The first kappa shape index (κ1) is 12.4. The number of benzene rings is 1. The maximum absolute atomic E-state index is 11.2. The van der Waals surface area contributed by atoms with Gasteiger partial charge in [0, 0.05) is 11.1 Å². The van der Waals surface area contributed by atoms with Crippen LogP contribution in [0.5, 0.6) is 5.75 Å². The number of amides is 1. The van der Waals surface area contributed by atoms with E-state index in [1.54, 1.807) is 12.1 Å². The van der Waals surface area contributed by atoms with Crippen LogP contribution < -0.4 is 5.73 Å². The van der Waals surface area contributed by atoms with Crippen molar-refractivity contribution in [2.45, 2.75) is 12.8 Å². The number of hydrogen-bond acceptors (Lipinski definition) is 4. The second-order valence-corrected chi connectivity index (χ2v) is 4.11. The van der Waals surface area contributed by atoms with Gasteiger partial charge in [0.15, 0.2) is 5.69 Å². The number of phenols is 1. The van der Waals surface area contributed by atoms with E-state index in [4.69, 9.17) is 17.3 Å². The van der Waals surface area contributed by atoms with Crippen LogP contribution >= 0.6 is 11.6 Å². The van der Waals surface area contributed by atoms with Gasteiger partial charge in [-0.05, 0) is 18.6 Å². The van der Waals surface area contributed by atoms with E-state index in [9.17, 15) is 9.90 Å². The van der Waals surface area contributed by atoms with Gasteiger partial charge in [0.05, 0.1) is 5.88 Å². The summed E-state index contributed by atoms with van der Waals surface area (Å²) in [5.41, 5.74) is 7.22. The summed E-state index contributed by atoms with van der Waals surface area (Å²) in [5, 5.41) is 19.9. The summed E-state index contributed by atoms with van der Waals surface area (Å²) in [4.78, 5) is 11.2. The SMILES string of the molecule is Cc1cc(CCl)c(O)c(-c2n[nH]nc2C(N)=O)c1. The molecular formula is C11H11ClN4O2. The Hall–Kier alpha value is -2.08. The van der Waals surface area contributed by atoms with Crippen LogP contribution in [0.1, 0.15) is 21.6 Å². The zero-order valence-corrected chi connectivity index (χ0v) is 10.3. The largest absolute Gasteiger partial charge is 0.507 e. The maximum atomic E-state index is 11.2. The van der Waals surface area contributed by atoms with Gasteiger partial charge in [0.2, 0.25) is 0 Å². The minimum Gasteiger partial charge on any atom is -0.507 e. The summed E-state index contributed by atoms with van der Waals surface area (Å²) in [7, 11) is 0. The van der Waals surface area contributed by atoms with Crippen LogP contribution in [-0.2, 0) is 5.88 Å². The van der Waals surface area contributed by atoms with Crippen LogP contribution in [0, 0.1) is 6.92 Å². The molecule has 1 amide bonds. The molecule has 18 heavy (non-hydrogen) atoms. The summed E-state index contributed by atoms with van der Waals surface area (Å²) in [6, 6.07) is 3.45. The third-order valence-corrected chi connectivity index (χ3v) is 2.80. The van der Waals surface area contributed by atoms with Gasteiger partial charge in [0.25, 0.3) is 5.91 Å². The number of aromatic hydroxyl groups is 1. The number of halogens is 1. The van der Waals surface area contributed by atoms with E-state index in [0.717, 1.165) is 5.56 Å². The first-order valence-electron chi connectivity index (χ1n) is 5.14. The van der Waals surface area contributed by atoms with Gasteiger partial charge < -0.3 is 10.8 Å². The molecule has 0 aliphatic carbocycles. The van der Waals surface area contributed by atoms with Gasteiger partial charge >= 0.3 is 0 Å². The van der Waals surface area contributed by atoms with Crippen molar-refractivity contribution in [3.05, 3.63) is 29.0 Å². The van der Waals surface area contributed by atoms with E-state index in [-0.39, 0.29) is 23.0 Å². The van der Waals surface area contributed by atoms with Gasteiger partial charge in [-0.3, -0.25) is 4.79 Å². The average Bonchev–Trinajstić information content (AvgIpc) is 2.80. The predicted octanol–water partition coefficient (Wildman–Crippen LogP) is 1.32. The fourth-order valence-electron chi connectivity index (χ4n) is 1.73. The Morgan fingerprint density at radius 3 is 2.83 bits per heavy atom. The highest BCUT2D eigenvalue weighted by atomic mass is 35.5. The van der Waals surface area contributed by atoms with Crippen LogP contribution in [0.2, 0.25) is 0 Å². The normalized spacial score (nSPS) is 10.6. The van der Waals surface area contributed by atoms with Gasteiger partial charge in [-0.15, -0.1) is 11.6 Å². The van der Waals surface area contributed by atoms with Crippen molar-refractivity contribution in [2.75, 3.05) is 0 Å². The highest BCUT2D eigenvalue weighted by Crippen LogP contribution is 2.34. The molecule has 6 nitrogen and oxygen atoms in total. The molecule has 7 heteroatoms. The summed E-state index contributed by atoms with van der Waals surface area (Å²) < 4.78 is 0. The van der Waals surface area contributed by atoms with Crippen molar-refractivity contribution in [1.82, 2.24) is 15.4 Å². The molecule has 94 valence electrons. The Bertz CT molecular complexity index is 609. The lowest BCUT2D eigenvalue weighted by atomic mass is 10.0. The van der Waals surface area contributed by atoms with Gasteiger partial charge in [0.1, 0.15) is 11.4 Å². The first-order chi connectivity index (χ1) is 8.54. The van der Waals surface area contributed by atoms with Gasteiger partial charge in [-0.2, -0.15) is 15.4 Å². The van der Waals surface area contributed by atoms with Crippen molar-refractivity contribution in [3.8, 4) is 17.0 Å². The highest BCUT2D eigenvalue weighted by Gasteiger charge is 2.19. The lowest BCUT2D eigenvalue weighted by Crippen LogP contribution is -2.12. The van der Waals surface area contributed by atoms with Crippen molar-refractivity contribution in [1.29, 1.82) is 0 Å². The molecule has 2 rings (SSSR count). The molecule has 0 fully saturated rings. The zero-order chi connectivity index (χ0) is 13.3. The number of carbonyl (C=O) groups is 1. The molecule has 0 atom stereocenters. The standard InChI is InChI=1S/C11H11ClN4O2/c1-5-2-6(4-12)10(17)7(3-5)8-9(11(13)18)15-16-14-8/h2-3,17H,4H2,1H3,(H2,13,18)(H,14,15,16). The number of nitrogens with two attached hydrogens (primary N) is 1. The van der Waals surface area contributed by atoms with Crippen molar-refractivity contribution in [2.24, 2.45) is 5.73 Å². The number of alkyl halides is 1. The monoisotopic (exact) mass is 266 g/mol. The zero-order valence-electron chi connectivity index (χ0n) is 9.57. The average molecular weight is 267 g/mol. The Morgan fingerprint density at radius 1 is 1.50 bits per heavy atom. The van der Waals surface area contributed by atoms with Crippen LogP contribution in [-0.4, -0.2) is 26.4 Å². The Balaban J connectivity index is 2.67. The minimum atomic E-state index is -0.716. The Labute approximate surface area is 108 Å². The second-order valence-electron chi connectivity index (χ2n) is 3.84. The Morgan fingerprint density at radius 2 is 2.22 bits per heavy atom. The molecule has 1 aromatic carbocycles. The summed E-state index contributed by atoms with van der Waals surface area (Å²) in [6.07, 6.45) is 0. The van der Waals surface area contributed by atoms with Crippen LogP contribution in [0.4, 0.5) is 0 Å². The fourth-order valence-corrected chi connectivity index (χ4v) is 1.93. The summed E-state index contributed by atoms with van der Waals surface area (Å²) in [5.74, 6) is -0.580. The number of carbonyl (C=O) groups excluding carboxylic acids is 1. The molecule has 0 bridgehead atoms. The van der Waals surface area contributed by atoms with E-state index in [1.807, 2.05) is 6.92 Å². The number of aromatic amines is 1. The predicted molar refractivity (Wildman–Crippen MR) is 66.3 cm³/mol. The number of phenolic OH excluding ortho intramolecular Hbond substituents is 1. The van der Waals surface area contributed by atoms with E-state index in [1.165, 1.54) is 0 Å². The summed E-state index contributed by atoms with van der Waals surface area (Å²) in [6.45, 7) is 1.85. The molecule has 0 unspecified atom stereocenters. The van der Waals surface area contributed by atoms with Crippen molar-refractivity contribution >= 4 is 17.5 Å². The number of nitrogens with one attached hydrogen (secondary N) is 1. The smallest absolute Gasteiger partial charge is 0.271 e. The quantitative estimate of drug-likeness (QED) is 0.729. The molecule has 0 aliphatic heterocycles. The lowest BCUT2D eigenvalue weighted by Gasteiger charge is -2.08. The van der Waals surface area contributed by atoms with E-state index >= 15 is 0 Å². The maximum Gasteiger partial charge on any atom is 0.271 e. The van der Waals surface area contributed by atoms with Crippen molar-refractivity contribution < 1.29 is 9.90 Å². The highest BCUT2D eigenvalue weighted by molar-refractivity contribution is 6.17. The number of aromatic nitrogens is 3. The van der Waals surface area contributed by atoms with Gasteiger partial charge in [-0.25, -0.2) is 0 Å². The van der Waals surface area contributed by atoms with Crippen LogP contribution in [0.25, 0.3) is 11.3 Å².